The average molecular weight is 229 g/mol. The molecule has 0 saturated heterocycles. The summed E-state index contributed by atoms with van der Waals surface area (Å²) >= 11 is 5.67. The quantitative estimate of drug-likeness (QED) is 0.583. The second-order valence-corrected chi connectivity index (χ2v) is 3.15. The number of halogens is 1. The van der Waals surface area contributed by atoms with Crippen LogP contribution in [0.15, 0.2) is 0 Å². The molecule has 7 heteroatoms. The molecule has 80 valence electrons. The average Bonchev–Trinajstić information content (AvgIpc) is 2.64. The highest BCUT2D eigenvalue weighted by atomic mass is 35.5. The lowest BCUT2D eigenvalue weighted by Gasteiger charge is -2.05. The van der Waals surface area contributed by atoms with Crippen LogP contribution in [-0.4, -0.2) is 29.2 Å². The maximum atomic E-state index is 11.5. The Morgan fingerprint density at radius 3 is 3.07 bits per heavy atom. The number of anilines is 2. The van der Waals surface area contributed by atoms with Crippen LogP contribution in [0, 0.1) is 0 Å². The van der Waals surface area contributed by atoms with Crippen molar-refractivity contribution < 1.29 is 9.53 Å². The zero-order chi connectivity index (χ0) is 10.8. The molecule has 2 rings (SSSR count). The van der Waals surface area contributed by atoms with Gasteiger partial charge in [0.2, 0.25) is 5.28 Å². The fraction of sp³-hybridized carbons (Fsp3) is 0.375. The zero-order valence-corrected chi connectivity index (χ0v) is 8.76. The summed E-state index contributed by atoms with van der Waals surface area (Å²) in [6.07, 6.45) is 0. The van der Waals surface area contributed by atoms with E-state index in [0.29, 0.717) is 24.8 Å². The lowest BCUT2D eigenvalue weighted by molar-refractivity contribution is 0.0520. The van der Waals surface area contributed by atoms with Gasteiger partial charge in [0.25, 0.3) is 0 Å². The molecule has 0 aromatic carbocycles. The van der Waals surface area contributed by atoms with E-state index < -0.39 is 5.97 Å². The molecule has 0 aliphatic carbocycles. The van der Waals surface area contributed by atoms with Crippen LogP contribution in [0.2, 0.25) is 5.28 Å². The van der Waals surface area contributed by atoms with Crippen molar-refractivity contribution in [2.75, 3.05) is 23.9 Å². The number of rotatable bonds is 2. The van der Waals surface area contributed by atoms with E-state index >= 15 is 0 Å². The van der Waals surface area contributed by atoms with E-state index in [4.69, 9.17) is 16.3 Å². The molecule has 2 heterocycles. The molecule has 1 aliphatic heterocycles. The molecule has 6 nitrogen and oxygen atoms in total. The van der Waals surface area contributed by atoms with Crippen molar-refractivity contribution in [3.63, 3.8) is 0 Å². The van der Waals surface area contributed by atoms with Crippen LogP contribution in [-0.2, 0) is 4.74 Å². The monoisotopic (exact) mass is 228 g/mol. The molecule has 0 saturated carbocycles. The van der Waals surface area contributed by atoms with E-state index in [2.05, 4.69) is 20.6 Å². The number of aromatic nitrogens is 2. The second kappa shape index (κ2) is 3.90. The third-order valence-corrected chi connectivity index (χ3v) is 2.04. The van der Waals surface area contributed by atoms with Crippen molar-refractivity contribution >= 4 is 29.1 Å². The number of hydrogen-bond donors (Lipinski definition) is 2. The van der Waals surface area contributed by atoms with E-state index in [9.17, 15) is 4.79 Å². The van der Waals surface area contributed by atoms with Gasteiger partial charge in [0.05, 0.1) is 13.3 Å². The first-order valence-electron chi connectivity index (χ1n) is 4.44. The standard InChI is InChI=1S/C8H9ClN4O2/c1-2-15-7(14)5-4-6(11-3-10-4)13-8(9)12-5/h10H,2-3H2,1H3,(H,11,12,13). The number of hydrogen-bond acceptors (Lipinski definition) is 6. The van der Waals surface area contributed by atoms with E-state index in [1.54, 1.807) is 6.92 Å². The minimum Gasteiger partial charge on any atom is -0.461 e. The molecular weight excluding hydrogens is 220 g/mol. The van der Waals surface area contributed by atoms with Crippen molar-refractivity contribution in [1.82, 2.24) is 9.97 Å². The molecule has 1 aromatic heterocycles. The van der Waals surface area contributed by atoms with Gasteiger partial charge in [-0.15, -0.1) is 0 Å². The van der Waals surface area contributed by atoms with Crippen LogP contribution in [0.5, 0.6) is 0 Å². The van der Waals surface area contributed by atoms with Crippen molar-refractivity contribution in [3.8, 4) is 0 Å². The van der Waals surface area contributed by atoms with Gasteiger partial charge >= 0.3 is 5.97 Å². The highest BCUT2D eigenvalue weighted by Crippen LogP contribution is 2.28. The Morgan fingerprint density at radius 1 is 1.53 bits per heavy atom. The van der Waals surface area contributed by atoms with Crippen LogP contribution in [0.3, 0.4) is 0 Å². The molecule has 0 spiro atoms. The van der Waals surface area contributed by atoms with Crippen LogP contribution < -0.4 is 10.6 Å². The summed E-state index contributed by atoms with van der Waals surface area (Å²) in [5.74, 6) is 0.0207. The minimum atomic E-state index is -0.505. The SMILES string of the molecule is CCOC(=O)c1nc(Cl)nc2c1NCN2. The summed E-state index contributed by atoms with van der Waals surface area (Å²) < 4.78 is 4.85. The minimum absolute atomic E-state index is 0.0213. The fourth-order valence-electron chi connectivity index (χ4n) is 1.29. The third-order valence-electron chi connectivity index (χ3n) is 1.87. The normalized spacial score (nSPS) is 12.7. The Morgan fingerprint density at radius 2 is 2.33 bits per heavy atom. The number of esters is 1. The summed E-state index contributed by atoms with van der Waals surface area (Å²) in [6, 6.07) is 0. The Hall–Kier alpha value is -1.56. The molecular formula is C8H9ClN4O2. The first kappa shape index (κ1) is 9.97. The van der Waals surface area contributed by atoms with Crippen LogP contribution in [0.4, 0.5) is 11.5 Å². The predicted octanol–water partition coefficient (Wildman–Crippen LogP) is 1.10. The van der Waals surface area contributed by atoms with Gasteiger partial charge in [-0.05, 0) is 18.5 Å². The molecule has 0 fully saturated rings. The summed E-state index contributed by atoms with van der Waals surface area (Å²) in [7, 11) is 0. The van der Waals surface area contributed by atoms with E-state index in [0.717, 1.165) is 0 Å². The molecule has 15 heavy (non-hydrogen) atoms. The molecule has 0 amide bonds. The summed E-state index contributed by atoms with van der Waals surface area (Å²) in [4.78, 5) is 19.3. The first-order chi connectivity index (χ1) is 7.22. The van der Waals surface area contributed by atoms with E-state index in [1.807, 2.05) is 0 Å². The summed E-state index contributed by atoms with van der Waals surface area (Å²) in [6.45, 7) is 2.52. The highest BCUT2D eigenvalue weighted by molar-refractivity contribution is 6.28. The van der Waals surface area contributed by atoms with Crippen LogP contribution >= 0.6 is 11.6 Å². The van der Waals surface area contributed by atoms with Gasteiger partial charge in [0.15, 0.2) is 11.5 Å². The molecule has 1 aromatic rings. The zero-order valence-electron chi connectivity index (χ0n) is 8.00. The Balaban J connectivity index is 2.42. The number of fused-ring (bicyclic) bond motifs is 1. The van der Waals surface area contributed by atoms with Crippen molar-refractivity contribution in [1.29, 1.82) is 0 Å². The number of ether oxygens (including phenoxy) is 1. The fourth-order valence-corrected chi connectivity index (χ4v) is 1.46. The van der Waals surface area contributed by atoms with Crippen LogP contribution in [0.25, 0.3) is 0 Å². The number of nitrogens with one attached hydrogen (secondary N) is 2. The molecule has 0 atom stereocenters. The first-order valence-corrected chi connectivity index (χ1v) is 4.82. The Kier molecular flexibility index (Phi) is 2.59. The predicted molar refractivity (Wildman–Crippen MR) is 55.1 cm³/mol. The van der Waals surface area contributed by atoms with Gasteiger partial charge in [-0.2, -0.15) is 4.98 Å². The lowest BCUT2D eigenvalue weighted by Crippen LogP contribution is -2.10. The summed E-state index contributed by atoms with van der Waals surface area (Å²) in [5, 5.41) is 5.88. The maximum Gasteiger partial charge on any atom is 0.359 e. The second-order valence-electron chi connectivity index (χ2n) is 2.82. The molecule has 1 aliphatic rings. The molecule has 0 unspecified atom stereocenters. The topological polar surface area (TPSA) is 76.1 Å². The largest absolute Gasteiger partial charge is 0.461 e. The Bertz CT molecular complexity index is 410. The number of nitrogens with zero attached hydrogens (tertiary/aromatic N) is 2. The van der Waals surface area contributed by atoms with Crippen LogP contribution in [0.1, 0.15) is 17.4 Å². The van der Waals surface area contributed by atoms with Crippen molar-refractivity contribution in [3.05, 3.63) is 11.0 Å². The van der Waals surface area contributed by atoms with Crippen molar-refractivity contribution in [2.24, 2.45) is 0 Å². The van der Waals surface area contributed by atoms with Gasteiger partial charge in [-0.25, -0.2) is 9.78 Å². The third kappa shape index (κ3) is 1.80. The van der Waals surface area contributed by atoms with Crippen molar-refractivity contribution in [2.45, 2.75) is 6.92 Å². The summed E-state index contributed by atoms with van der Waals surface area (Å²) in [5.41, 5.74) is 0.703. The molecule has 0 bridgehead atoms. The number of carbonyl (C=O) groups excluding carboxylic acids is 1. The number of carbonyl (C=O) groups is 1. The highest BCUT2D eigenvalue weighted by Gasteiger charge is 2.23. The van der Waals surface area contributed by atoms with E-state index in [1.165, 1.54) is 0 Å². The van der Waals surface area contributed by atoms with E-state index in [-0.39, 0.29) is 11.0 Å². The van der Waals surface area contributed by atoms with Gasteiger partial charge in [0, 0.05) is 0 Å². The van der Waals surface area contributed by atoms with Gasteiger partial charge in [-0.3, -0.25) is 0 Å². The lowest BCUT2D eigenvalue weighted by atomic mass is 10.3. The van der Waals surface area contributed by atoms with Gasteiger partial charge < -0.3 is 15.4 Å². The molecule has 0 radical (unpaired) electrons. The maximum absolute atomic E-state index is 11.5. The van der Waals surface area contributed by atoms with Gasteiger partial charge in [0.1, 0.15) is 5.69 Å². The Labute approximate surface area is 91.0 Å². The van der Waals surface area contributed by atoms with Gasteiger partial charge in [-0.1, -0.05) is 0 Å². The molecule has 2 N–H and O–H groups in total. The smallest absolute Gasteiger partial charge is 0.359 e.